The molecule has 1 aromatic heterocycles. The molecule has 174 valence electrons. The molecule has 2 aliphatic rings. The molecule has 10 heteroatoms. The van der Waals surface area contributed by atoms with Crippen molar-refractivity contribution in [3.63, 3.8) is 0 Å². The topological polar surface area (TPSA) is 131 Å². The first kappa shape index (κ1) is 22.7. The normalized spacial score (nSPS) is 23.1. The van der Waals surface area contributed by atoms with Gasteiger partial charge in [0.1, 0.15) is 18.3 Å². The molecule has 0 bridgehead atoms. The summed E-state index contributed by atoms with van der Waals surface area (Å²) < 4.78 is 11.0. The van der Waals surface area contributed by atoms with E-state index < -0.39 is 29.9 Å². The Hall–Kier alpha value is -3.53. The van der Waals surface area contributed by atoms with Crippen molar-refractivity contribution < 1.29 is 29.0 Å². The van der Waals surface area contributed by atoms with E-state index in [0.717, 1.165) is 18.4 Å². The van der Waals surface area contributed by atoms with Gasteiger partial charge in [0.15, 0.2) is 6.04 Å². The summed E-state index contributed by atoms with van der Waals surface area (Å²) in [7, 11) is 0. The second-order valence-corrected chi connectivity index (χ2v) is 8.10. The van der Waals surface area contributed by atoms with Crippen LogP contribution in [0.1, 0.15) is 41.7 Å². The van der Waals surface area contributed by atoms with E-state index >= 15 is 0 Å². The van der Waals surface area contributed by atoms with E-state index in [9.17, 15) is 19.5 Å². The highest BCUT2D eigenvalue weighted by Gasteiger charge is 2.42. The minimum absolute atomic E-state index is 0.0506. The van der Waals surface area contributed by atoms with E-state index in [-0.39, 0.29) is 31.0 Å². The Balaban J connectivity index is 1.45. The molecule has 2 aliphatic heterocycles. The van der Waals surface area contributed by atoms with Gasteiger partial charge in [0.25, 0.3) is 5.91 Å². The van der Waals surface area contributed by atoms with Gasteiger partial charge in [-0.05, 0) is 24.5 Å². The molecule has 0 spiro atoms. The maximum atomic E-state index is 13.3. The van der Waals surface area contributed by atoms with Crippen LogP contribution in [0, 0.1) is 0 Å². The van der Waals surface area contributed by atoms with Crippen molar-refractivity contribution in [2.45, 2.75) is 50.4 Å². The van der Waals surface area contributed by atoms with Gasteiger partial charge in [0.2, 0.25) is 5.91 Å². The summed E-state index contributed by atoms with van der Waals surface area (Å²) in [4.78, 5) is 47.5. The molecule has 2 aromatic rings. The first-order chi connectivity index (χ1) is 16.0. The molecule has 3 atom stereocenters. The number of carbonyl (C=O) groups is 3. The number of nitrogens with zero attached hydrogens (tertiary/aromatic N) is 3. The number of benzene rings is 1. The zero-order valence-corrected chi connectivity index (χ0v) is 18.1. The summed E-state index contributed by atoms with van der Waals surface area (Å²) in [5.74, 6) is -2.06. The van der Waals surface area contributed by atoms with E-state index in [4.69, 9.17) is 9.47 Å². The SMILES string of the molecule is O=C(NC1CCCCC2COCC(C(=O)O)N2C1=O)c1ccnc(OCc2ccccc2)n1. The molecule has 4 rings (SSSR count). The molecule has 2 fully saturated rings. The van der Waals surface area contributed by atoms with Gasteiger partial charge in [-0.2, -0.15) is 4.98 Å². The lowest BCUT2D eigenvalue weighted by molar-refractivity contribution is -0.165. The van der Waals surface area contributed by atoms with Crippen LogP contribution < -0.4 is 10.1 Å². The highest BCUT2D eigenvalue weighted by Crippen LogP contribution is 2.24. The first-order valence-corrected chi connectivity index (χ1v) is 11.0. The maximum Gasteiger partial charge on any atom is 0.328 e. The molecule has 0 radical (unpaired) electrons. The number of hydrogen-bond donors (Lipinski definition) is 2. The minimum atomic E-state index is -1.12. The fourth-order valence-electron chi connectivity index (χ4n) is 4.13. The van der Waals surface area contributed by atoms with Gasteiger partial charge < -0.3 is 24.8 Å². The van der Waals surface area contributed by atoms with E-state index in [0.29, 0.717) is 19.4 Å². The second kappa shape index (κ2) is 10.4. The number of aliphatic carboxylic acids is 1. The Bertz CT molecular complexity index is 1000. The molecule has 10 nitrogen and oxygen atoms in total. The molecule has 2 saturated heterocycles. The number of carboxylic acids is 1. The number of carbonyl (C=O) groups excluding carboxylic acids is 2. The van der Waals surface area contributed by atoms with Crippen LogP contribution in [0.25, 0.3) is 0 Å². The van der Waals surface area contributed by atoms with Crippen molar-refractivity contribution in [3.8, 4) is 6.01 Å². The third kappa shape index (κ3) is 5.46. The quantitative estimate of drug-likeness (QED) is 0.670. The summed E-state index contributed by atoms with van der Waals surface area (Å²) in [6.07, 6.45) is 4.05. The number of fused-ring (bicyclic) bond motifs is 1. The van der Waals surface area contributed by atoms with E-state index in [1.165, 1.54) is 17.2 Å². The van der Waals surface area contributed by atoms with Crippen LogP contribution in [0.3, 0.4) is 0 Å². The molecule has 3 unspecified atom stereocenters. The zero-order valence-electron chi connectivity index (χ0n) is 18.1. The van der Waals surface area contributed by atoms with Gasteiger partial charge in [-0.1, -0.05) is 43.2 Å². The Labute approximate surface area is 190 Å². The number of ether oxygens (including phenoxy) is 2. The number of carboxylic acid groups (broad SMARTS) is 1. The average Bonchev–Trinajstić information content (AvgIpc) is 2.83. The summed E-state index contributed by atoms with van der Waals surface area (Å²) in [6, 6.07) is 8.76. The van der Waals surface area contributed by atoms with Crippen molar-refractivity contribution in [1.29, 1.82) is 0 Å². The summed E-state index contributed by atoms with van der Waals surface area (Å²) >= 11 is 0. The Kier molecular flexibility index (Phi) is 7.13. The number of aromatic nitrogens is 2. The fourth-order valence-corrected chi connectivity index (χ4v) is 4.13. The Morgan fingerprint density at radius 2 is 1.94 bits per heavy atom. The van der Waals surface area contributed by atoms with Crippen LogP contribution >= 0.6 is 0 Å². The van der Waals surface area contributed by atoms with E-state index in [1.54, 1.807) is 0 Å². The predicted octanol–water partition coefficient (Wildman–Crippen LogP) is 1.41. The largest absolute Gasteiger partial charge is 0.480 e. The molecule has 0 aliphatic carbocycles. The van der Waals surface area contributed by atoms with E-state index in [2.05, 4.69) is 15.3 Å². The second-order valence-electron chi connectivity index (χ2n) is 8.10. The number of amides is 2. The van der Waals surface area contributed by atoms with Gasteiger partial charge in [-0.3, -0.25) is 9.59 Å². The van der Waals surface area contributed by atoms with Crippen LogP contribution in [-0.4, -0.2) is 69.1 Å². The number of hydrogen-bond acceptors (Lipinski definition) is 7. The van der Waals surface area contributed by atoms with Crippen molar-refractivity contribution in [3.05, 3.63) is 53.9 Å². The average molecular weight is 454 g/mol. The third-order valence-electron chi connectivity index (χ3n) is 5.82. The number of morpholine rings is 1. The lowest BCUT2D eigenvalue weighted by Crippen LogP contribution is -2.62. The molecule has 1 aromatic carbocycles. The van der Waals surface area contributed by atoms with Crippen LogP contribution in [0.4, 0.5) is 0 Å². The molecule has 2 amide bonds. The molecule has 2 N–H and O–H groups in total. The van der Waals surface area contributed by atoms with Crippen LogP contribution in [0.5, 0.6) is 6.01 Å². The van der Waals surface area contributed by atoms with Crippen LogP contribution in [-0.2, 0) is 20.9 Å². The Morgan fingerprint density at radius 1 is 1.15 bits per heavy atom. The van der Waals surface area contributed by atoms with Crippen molar-refractivity contribution >= 4 is 17.8 Å². The van der Waals surface area contributed by atoms with E-state index in [1.807, 2.05) is 30.3 Å². The highest BCUT2D eigenvalue weighted by molar-refractivity contribution is 5.97. The van der Waals surface area contributed by atoms with Gasteiger partial charge >= 0.3 is 12.0 Å². The smallest absolute Gasteiger partial charge is 0.328 e. The maximum absolute atomic E-state index is 13.3. The molecule has 0 saturated carbocycles. The molecule has 3 heterocycles. The zero-order chi connectivity index (χ0) is 23.2. The first-order valence-electron chi connectivity index (χ1n) is 11.0. The van der Waals surface area contributed by atoms with Gasteiger partial charge in [0, 0.05) is 6.20 Å². The van der Waals surface area contributed by atoms with Crippen LogP contribution in [0.15, 0.2) is 42.6 Å². The van der Waals surface area contributed by atoms with Crippen LogP contribution in [0.2, 0.25) is 0 Å². The molecule has 33 heavy (non-hydrogen) atoms. The molecular formula is C23H26N4O6. The lowest BCUT2D eigenvalue weighted by atomic mass is 9.96. The fraction of sp³-hybridized carbons (Fsp3) is 0.435. The molecular weight excluding hydrogens is 428 g/mol. The van der Waals surface area contributed by atoms with Crippen molar-refractivity contribution in [2.75, 3.05) is 13.2 Å². The summed E-state index contributed by atoms with van der Waals surface area (Å²) in [6.45, 7) is 0.485. The summed E-state index contributed by atoms with van der Waals surface area (Å²) in [5, 5.41) is 12.3. The summed E-state index contributed by atoms with van der Waals surface area (Å²) in [5.41, 5.74) is 1.00. The number of rotatable bonds is 6. The van der Waals surface area contributed by atoms with Gasteiger partial charge in [-0.15, -0.1) is 0 Å². The predicted molar refractivity (Wildman–Crippen MR) is 115 cm³/mol. The van der Waals surface area contributed by atoms with Crippen molar-refractivity contribution in [2.24, 2.45) is 0 Å². The standard InChI is InChI=1S/C23H26N4O6/c28-20(17-10-11-24-23(26-17)33-12-15-6-2-1-3-7-15)25-18-9-5-4-8-16-13-32-14-19(22(30)31)27(16)21(18)29/h1-3,6-7,10-11,16,18-19H,4-5,8-9,12-14H2,(H,25,28)(H,30,31). The minimum Gasteiger partial charge on any atom is -0.480 e. The van der Waals surface area contributed by atoms with Gasteiger partial charge in [-0.25, -0.2) is 9.78 Å². The lowest BCUT2D eigenvalue weighted by Gasteiger charge is -2.43. The van der Waals surface area contributed by atoms with Gasteiger partial charge in [0.05, 0.1) is 19.3 Å². The number of nitrogens with one attached hydrogen (secondary N) is 1. The monoisotopic (exact) mass is 454 g/mol. The Morgan fingerprint density at radius 3 is 2.73 bits per heavy atom. The third-order valence-corrected chi connectivity index (χ3v) is 5.82. The van der Waals surface area contributed by atoms with Crippen molar-refractivity contribution in [1.82, 2.24) is 20.2 Å². The highest BCUT2D eigenvalue weighted by atomic mass is 16.5.